The minimum Gasteiger partial charge on any atom is -0.196 e. The molecule has 0 saturated carbocycles. The van der Waals surface area contributed by atoms with E-state index in [2.05, 4.69) is 118 Å². The number of hydrogen-bond acceptors (Lipinski definition) is 0. The Morgan fingerprint density at radius 1 is 0.394 bits per heavy atom. The molecule has 0 N–H and O–H groups in total. The van der Waals surface area contributed by atoms with Crippen molar-refractivity contribution in [2.45, 2.75) is 69.2 Å². The molecule has 172 valence electrons. The van der Waals surface area contributed by atoms with E-state index in [0.717, 1.165) is 0 Å². The van der Waals surface area contributed by atoms with Gasteiger partial charge in [-0.1, -0.05) is 130 Å². The molecule has 0 aliphatic heterocycles. The van der Waals surface area contributed by atoms with Gasteiger partial charge in [-0.25, -0.2) is 0 Å². The largest absolute Gasteiger partial charge is 2.00 e. The summed E-state index contributed by atoms with van der Waals surface area (Å²) in [7, 11) is 0. The molecule has 4 aromatic carbocycles. The molecule has 4 rings (SSSR count). The molecule has 0 aliphatic rings. The molecular weight excluding hydrogens is 432 g/mol. The Morgan fingerprint density at radius 3 is 0.758 bits per heavy atom. The van der Waals surface area contributed by atoms with E-state index in [-0.39, 0.29) is 21.7 Å². The molecule has 0 unspecified atom stereocenters. The maximum Gasteiger partial charge on any atom is 2.00 e. The van der Waals surface area contributed by atoms with Gasteiger partial charge in [0.1, 0.15) is 0 Å². The predicted octanol–water partition coefficient (Wildman–Crippen LogP) is 9.25. The van der Waals surface area contributed by atoms with Crippen LogP contribution in [0.25, 0.3) is 11.1 Å². The van der Waals surface area contributed by atoms with Gasteiger partial charge in [0.25, 0.3) is 0 Å². The van der Waals surface area contributed by atoms with Crippen molar-refractivity contribution in [2.24, 2.45) is 0 Å². The monoisotopic (exact) mass is 472 g/mol. The number of rotatable bonds is 1. The second-order valence-electron chi connectivity index (χ2n) is 8.98. The van der Waals surface area contributed by atoms with Crippen LogP contribution in [0.4, 0.5) is 0 Å². The zero-order valence-corrected chi connectivity index (χ0v) is 23.8. The Morgan fingerprint density at radius 2 is 0.606 bits per heavy atom. The van der Waals surface area contributed by atoms with Crippen LogP contribution in [0.1, 0.15) is 55.6 Å². The van der Waals surface area contributed by atoms with E-state index in [9.17, 15) is 0 Å². The maximum atomic E-state index is 2.20. The standard InChI is InChI=1S/C12H10.2C10H15.Ti/c1-3-7-11(8-4-1)12-9-5-2-6-10-12;2*1-6-7(2)9(4)10(5)8(6)3;/h1-10H;2*1-5H3;/q;2*-1;+2. The fraction of sp³-hybridized carbons (Fsp3) is 0.312. The van der Waals surface area contributed by atoms with Gasteiger partial charge in [0.05, 0.1) is 0 Å². The van der Waals surface area contributed by atoms with E-state index in [1.54, 1.807) is 0 Å². The van der Waals surface area contributed by atoms with Crippen LogP contribution in [0.5, 0.6) is 0 Å². The summed E-state index contributed by atoms with van der Waals surface area (Å²) in [6.45, 7) is 22.0. The predicted molar refractivity (Wildman–Crippen MR) is 143 cm³/mol. The normalized spacial score (nSPS) is 9.88. The summed E-state index contributed by atoms with van der Waals surface area (Å²) >= 11 is 0. The summed E-state index contributed by atoms with van der Waals surface area (Å²) in [5.41, 5.74) is 17.2. The molecule has 0 aromatic heterocycles. The van der Waals surface area contributed by atoms with Crippen LogP contribution in [0, 0.1) is 69.2 Å². The second kappa shape index (κ2) is 12.9. The molecule has 0 radical (unpaired) electrons. The minimum absolute atomic E-state index is 0. The summed E-state index contributed by atoms with van der Waals surface area (Å²) in [4.78, 5) is 0. The molecule has 4 aromatic rings. The minimum atomic E-state index is 0. The van der Waals surface area contributed by atoms with Crippen LogP contribution in [-0.2, 0) is 21.7 Å². The van der Waals surface area contributed by atoms with Crippen LogP contribution < -0.4 is 0 Å². The number of hydrogen-bond donors (Lipinski definition) is 0. The Kier molecular flexibility index (Phi) is 11.3. The summed E-state index contributed by atoms with van der Waals surface area (Å²) < 4.78 is 0. The zero-order valence-electron chi connectivity index (χ0n) is 22.3. The third kappa shape index (κ3) is 6.92. The van der Waals surface area contributed by atoms with Gasteiger partial charge < -0.3 is 0 Å². The van der Waals surface area contributed by atoms with Gasteiger partial charge in [-0.05, 0) is 11.1 Å². The molecule has 33 heavy (non-hydrogen) atoms. The van der Waals surface area contributed by atoms with Crippen molar-refractivity contribution in [3.8, 4) is 11.1 Å². The average molecular weight is 473 g/mol. The molecule has 0 bridgehead atoms. The fourth-order valence-electron chi connectivity index (χ4n) is 4.07. The molecule has 0 saturated heterocycles. The topological polar surface area (TPSA) is 0 Å². The first-order valence-corrected chi connectivity index (χ1v) is 11.6. The van der Waals surface area contributed by atoms with Crippen LogP contribution in [0.2, 0.25) is 0 Å². The van der Waals surface area contributed by atoms with Crippen molar-refractivity contribution in [1.82, 2.24) is 0 Å². The third-order valence-electron chi connectivity index (χ3n) is 7.51. The van der Waals surface area contributed by atoms with Gasteiger partial charge in [0, 0.05) is 0 Å². The van der Waals surface area contributed by atoms with Crippen molar-refractivity contribution in [3.05, 3.63) is 116 Å². The van der Waals surface area contributed by atoms with E-state index < -0.39 is 0 Å². The van der Waals surface area contributed by atoms with E-state index >= 15 is 0 Å². The fourth-order valence-corrected chi connectivity index (χ4v) is 4.07. The summed E-state index contributed by atoms with van der Waals surface area (Å²) in [6, 6.07) is 20.8. The summed E-state index contributed by atoms with van der Waals surface area (Å²) in [5, 5.41) is 0. The second-order valence-corrected chi connectivity index (χ2v) is 8.98. The Labute approximate surface area is 217 Å². The Balaban J connectivity index is 0.000000246. The average Bonchev–Trinajstić information content (AvgIpc) is 3.11. The van der Waals surface area contributed by atoms with E-state index in [4.69, 9.17) is 0 Å². The molecule has 0 nitrogen and oxygen atoms in total. The zero-order chi connectivity index (χ0) is 24.0. The molecule has 0 heterocycles. The van der Waals surface area contributed by atoms with Crippen molar-refractivity contribution in [3.63, 3.8) is 0 Å². The molecular formula is C32H40Ti. The van der Waals surface area contributed by atoms with Gasteiger partial charge in [0.2, 0.25) is 0 Å². The van der Waals surface area contributed by atoms with Crippen LogP contribution in [0.15, 0.2) is 60.7 Å². The van der Waals surface area contributed by atoms with Gasteiger partial charge in [0.15, 0.2) is 0 Å². The first-order chi connectivity index (χ1) is 15.1. The Bertz CT molecular complexity index is 885. The van der Waals surface area contributed by atoms with Crippen molar-refractivity contribution in [1.29, 1.82) is 0 Å². The summed E-state index contributed by atoms with van der Waals surface area (Å²) in [5.74, 6) is 0. The van der Waals surface area contributed by atoms with Crippen LogP contribution >= 0.6 is 0 Å². The van der Waals surface area contributed by atoms with E-state index in [0.29, 0.717) is 0 Å². The first-order valence-electron chi connectivity index (χ1n) is 11.6. The number of benzene rings is 2. The molecule has 0 amide bonds. The first kappa shape index (κ1) is 28.9. The molecule has 0 aliphatic carbocycles. The van der Waals surface area contributed by atoms with Gasteiger partial charge >= 0.3 is 21.7 Å². The smallest absolute Gasteiger partial charge is 0.196 e. The molecule has 1 heteroatoms. The summed E-state index contributed by atoms with van der Waals surface area (Å²) in [6.07, 6.45) is 0. The maximum absolute atomic E-state index is 2.20. The molecule has 0 fully saturated rings. The SMILES string of the molecule is Cc1c(C)c(C)[c-](C)c1C.Cc1c(C)c(C)[c-](C)c1C.[Ti+2].c1ccc(-c2ccccc2)cc1. The van der Waals surface area contributed by atoms with Gasteiger partial charge in [-0.15, -0.1) is 0 Å². The van der Waals surface area contributed by atoms with Gasteiger partial charge in [-0.3, -0.25) is 0 Å². The Hall–Kier alpha value is -2.15. The molecule has 0 spiro atoms. The van der Waals surface area contributed by atoms with E-state index in [1.165, 1.54) is 66.8 Å². The third-order valence-corrected chi connectivity index (χ3v) is 7.51. The van der Waals surface area contributed by atoms with E-state index in [1.807, 2.05) is 12.1 Å². The van der Waals surface area contributed by atoms with Crippen molar-refractivity contribution >= 4 is 0 Å². The van der Waals surface area contributed by atoms with Crippen molar-refractivity contribution in [2.75, 3.05) is 0 Å². The van der Waals surface area contributed by atoms with Crippen LogP contribution in [-0.4, -0.2) is 0 Å². The van der Waals surface area contributed by atoms with Crippen LogP contribution in [0.3, 0.4) is 0 Å². The molecule has 0 atom stereocenters. The van der Waals surface area contributed by atoms with Crippen molar-refractivity contribution < 1.29 is 21.7 Å². The van der Waals surface area contributed by atoms with Gasteiger partial charge in [-0.2, -0.15) is 55.6 Å². The quantitative estimate of drug-likeness (QED) is 0.191.